The number of rotatable bonds is 13. The zero-order valence-corrected chi connectivity index (χ0v) is 62.8. The molecular formula is C71H108ClIN12O12. The van der Waals surface area contributed by atoms with Gasteiger partial charge in [0, 0.05) is 83.9 Å². The first-order valence-electron chi connectivity index (χ1n) is 34.3. The van der Waals surface area contributed by atoms with Gasteiger partial charge in [-0.2, -0.15) is 0 Å². The van der Waals surface area contributed by atoms with Gasteiger partial charge in [0.15, 0.2) is 0 Å². The molecule has 97 heavy (non-hydrogen) atoms. The fraction of sp³-hybridized carbons (Fsp3) is 0.662. The molecule has 0 bridgehead atoms. The summed E-state index contributed by atoms with van der Waals surface area (Å²) in [6.07, 6.45) is 6.95. The molecule has 12 amide bonds. The highest BCUT2D eigenvalue weighted by molar-refractivity contribution is 14.1. The second kappa shape index (κ2) is 37.3. The van der Waals surface area contributed by atoms with Gasteiger partial charge < -0.3 is 60.5 Å². The molecular weight excluding hydrogens is 1380 g/mol. The number of carbonyl (C=O) groups excluding carboxylic acids is 12. The van der Waals surface area contributed by atoms with E-state index < -0.39 is 151 Å². The number of piperidine rings is 1. The van der Waals surface area contributed by atoms with E-state index in [1.807, 2.05) is 46.8 Å². The van der Waals surface area contributed by atoms with E-state index in [0.717, 1.165) is 47.0 Å². The molecule has 0 aromatic heterocycles. The van der Waals surface area contributed by atoms with E-state index in [9.17, 15) is 38.4 Å². The van der Waals surface area contributed by atoms with Gasteiger partial charge in [0.2, 0.25) is 70.9 Å². The Morgan fingerprint density at radius 3 is 1.75 bits per heavy atom. The minimum atomic E-state index is -1.75. The number of hydrogen-bond acceptors (Lipinski definition) is 12. The van der Waals surface area contributed by atoms with E-state index in [1.54, 1.807) is 48.2 Å². The lowest BCUT2D eigenvalue weighted by molar-refractivity contribution is -0.152. The van der Waals surface area contributed by atoms with Gasteiger partial charge in [0.05, 0.1) is 26.1 Å². The molecule has 8 atom stereocenters. The summed E-state index contributed by atoms with van der Waals surface area (Å²) in [6.45, 7) is 13.3. The molecule has 0 spiro atoms. The molecule has 3 aliphatic rings. The molecule has 0 radical (unpaired) electrons. The Labute approximate surface area is 593 Å². The zero-order valence-electron chi connectivity index (χ0n) is 59.8. The van der Waals surface area contributed by atoms with Crippen LogP contribution in [0.4, 0.5) is 0 Å². The van der Waals surface area contributed by atoms with Crippen molar-refractivity contribution in [2.75, 3.05) is 82.1 Å². The van der Waals surface area contributed by atoms with Gasteiger partial charge in [-0.1, -0.05) is 116 Å². The molecule has 0 unspecified atom stereocenters. The second-order valence-electron chi connectivity index (χ2n) is 28.4. The average molecular weight is 1480 g/mol. The van der Waals surface area contributed by atoms with Gasteiger partial charge in [-0.25, -0.2) is 0 Å². The standard InChI is InChI=1S/C71H108ClIN12O12/c1-16-46(6)62-69(96)80(11)42-60(88)78(9)43-61(89)82(13)56(39-47-24-19-17-20-25-47)67(94)79(10)41-58(86)74-52(38-49-26-23-27-51(73)36-49)63(90)75-54(37-48-28-30-50(72)31-29-48)66(93)84(15)71(7,8)70(97)76-53(34-44(2)3)65(92)83(14)57(68(95)85-32-21-18-22-33-85)40-59(87)81(12)55(35-45(4)5)64(91)77-62/h23,26-31,36,44-47,52-57,62H,16-22,24-25,32-35,37-43H2,1-15H3,(H,74,86)(H,75,90)(H,76,97)(H,77,91)/t46-,52-,53-,54+,55-,56-,57-,62-/m0/s1. The number of hydrogen-bond donors (Lipinski definition) is 4. The number of amides is 12. The maximum absolute atomic E-state index is 15.3. The van der Waals surface area contributed by atoms with Crippen LogP contribution in [-0.2, 0) is 70.4 Å². The SMILES string of the molecule is CC[C@H](C)[C@@H]1NC(=O)[C@H](CC(C)C)N(C)C(=O)C[C@@H](C(=O)N2CCCCC2)N(C)C(=O)[C@H](CC(C)C)NC(=O)C(C)(C)N(C)C(=O)[C@@H](Cc2ccc(Cl)cc2)NC(=O)[C@H](Cc2cccc(I)c2)NC(=O)CN(C)C(=O)[C@H](CC2CCCCC2)N(C)C(=O)CN(C)C(=O)CN(C)C1=O. The monoisotopic (exact) mass is 1480 g/mol. The number of nitrogens with zero attached hydrogens (tertiary/aromatic N) is 8. The van der Waals surface area contributed by atoms with Crippen molar-refractivity contribution in [3.8, 4) is 0 Å². The first-order chi connectivity index (χ1) is 45.6. The normalized spacial score (nSPS) is 24.7. The van der Waals surface area contributed by atoms with Gasteiger partial charge in [-0.3, -0.25) is 57.5 Å². The zero-order chi connectivity index (χ0) is 72.3. The van der Waals surface area contributed by atoms with E-state index in [0.29, 0.717) is 48.5 Å². The van der Waals surface area contributed by atoms with E-state index in [2.05, 4.69) is 43.9 Å². The molecule has 1 aliphatic carbocycles. The van der Waals surface area contributed by atoms with E-state index in [-0.39, 0.29) is 49.9 Å². The predicted octanol–water partition coefficient (Wildman–Crippen LogP) is 5.29. The van der Waals surface area contributed by atoms with Gasteiger partial charge >= 0.3 is 0 Å². The van der Waals surface area contributed by atoms with Crippen LogP contribution in [0.15, 0.2) is 48.5 Å². The van der Waals surface area contributed by atoms with Crippen LogP contribution in [0.2, 0.25) is 5.02 Å². The largest absolute Gasteiger partial charge is 0.342 e. The number of carbonyl (C=O) groups is 12. The Kier molecular flexibility index (Phi) is 31.1. The number of likely N-dealkylation sites (tertiary alicyclic amines) is 1. The van der Waals surface area contributed by atoms with Crippen molar-refractivity contribution in [1.82, 2.24) is 60.5 Å². The Bertz CT molecular complexity index is 3100. The van der Waals surface area contributed by atoms with Crippen LogP contribution in [0.25, 0.3) is 0 Å². The summed E-state index contributed by atoms with van der Waals surface area (Å²) in [5, 5.41) is 11.9. The molecule has 2 heterocycles. The van der Waals surface area contributed by atoms with E-state index in [4.69, 9.17) is 11.6 Å². The summed E-state index contributed by atoms with van der Waals surface area (Å²) in [6, 6.07) is 5.05. The molecule has 2 saturated heterocycles. The molecule has 2 aromatic carbocycles. The molecule has 2 aromatic rings. The maximum Gasteiger partial charge on any atom is 0.246 e. The Morgan fingerprint density at radius 1 is 0.577 bits per heavy atom. The first kappa shape index (κ1) is 80.8. The fourth-order valence-electron chi connectivity index (χ4n) is 12.7. The van der Waals surface area contributed by atoms with Gasteiger partial charge in [0.1, 0.15) is 47.8 Å². The lowest BCUT2D eigenvalue weighted by Gasteiger charge is -2.39. The number of benzene rings is 2. The third-order valence-electron chi connectivity index (χ3n) is 19.5. The number of nitrogens with one attached hydrogen (secondary N) is 4. The number of likely N-dealkylation sites (N-methyl/N-ethyl adjacent to an activating group) is 7. The van der Waals surface area contributed by atoms with Gasteiger partial charge in [-0.05, 0) is 134 Å². The summed E-state index contributed by atoms with van der Waals surface area (Å²) in [7, 11) is 9.97. The topological polar surface area (TPSA) is 279 Å². The summed E-state index contributed by atoms with van der Waals surface area (Å²) >= 11 is 8.45. The highest BCUT2D eigenvalue weighted by Gasteiger charge is 2.44. The fourth-order valence-corrected chi connectivity index (χ4v) is 13.4. The molecule has 5 rings (SSSR count). The minimum Gasteiger partial charge on any atom is -0.342 e. The lowest BCUT2D eigenvalue weighted by atomic mass is 9.84. The summed E-state index contributed by atoms with van der Waals surface area (Å²) < 4.78 is 0.842. The summed E-state index contributed by atoms with van der Waals surface area (Å²) in [5.74, 6) is -8.66. The van der Waals surface area contributed by atoms with Crippen molar-refractivity contribution in [2.24, 2.45) is 23.7 Å². The highest BCUT2D eigenvalue weighted by Crippen LogP contribution is 2.30. The third kappa shape index (κ3) is 23.1. The Hall–Kier alpha value is -6.90. The molecule has 4 N–H and O–H groups in total. The highest BCUT2D eigenvalue weighted by atomic mass is 127. The maximum atomic E-state index is 15.3. The van der Waals surface area contributed by atoms with Gasteiger partial charge in [-0.15, -0.1) is 0 Å². The average Bonchev–Trinajstić information content (AvgIpc) is 0.820. The molecule has 1 saturated carbocycles. The van der Waals surface area contributed by atoms with Crippen molar-refractivity contribution in [3.63, 3.8) is 0 Å². The quantitative estimate of drug-likeness (QED) is 0.186. The molecule has 2 aliphatic heterocycles. The van der Waals surface area contributed by atoms with Crippen LogP contribution in [0, 0.1) is 27.2 Å². The van der Waals surface area contributed by atoms with Crippen LogP contribution >= 0.6 is 34.2 Å². The lowest BCUT2D eigenvalue weighted by Crippen LogP contribution is -2.64. The summed E-state index contributed by atoms with van der Waals surface area (Å²) in [4.78, 5) is 188. The molecule has 26 heteroatoms. The van der Waals surface area contributed by atoms with Gasteiger partial charge in [0.25, 0.3) is 0 Å². The minimum absolute atomic E-state index is 0.0574. The number of halogens is 2. The Balaban J connectivity index is 1.63. The van der Waals surface area contributed by atoms with E-state index >= 15 is 19.2 Å². The molecule has 538 valence electrons. The third-order valence-corrected chi connectivity index (χ3v) is 20.4. The van der Waals surface area contributed by atoms with Crippen molar-refractivity contribution in [3.05, 3.63) is 68.3 Å². The first-order valence-corrected chi connectivity index (χ1v) is 35.8. The summed E-state index contributed by atoms with van der Waals surface area (Å²) in [5.41, 5.74) is -0.510. The molecule has 3 fully saturated rings. The molecule has 24 nitrogen and oxygen atoms in total. The van der Waals surface area contributed by atoms with Crippen molar-refractivity contribution in [2.45, 2.75) is 200 Å². The van der Waals surface area contributed by atoms with Crippen LogP contribution in [0.5, 0.6) is 0 Å². The van der Waals surface area contributed by atoms with Crippen LogP contribution in [-0.4, -0.2) is 240 Å². The van der Waals surface area contributed by atoms with Crippen molar-refractivity contribution >= 4 is 105 Å². The van der Waals surface area contributed by atoms with Crippen molar-refractivity contribution in [1.29, 1.82) is 0 Å². The second-order valence-corrected chi connectivity index (χ2v) is 30.1. The van der Waals surface area contributed by atoms with Crippen LogP contribution < -0.4 is 21.3 Å². The van der Waals surface area contributed by atoms with Crippen molar-refractivity contribution < 1.29 is 57.5 Å². The Morgan fingerprint density at radius 2 is 1.15 bits per heavy atom. The van der Waals surface area contributed by atoms with E-state index in [1.165, 1.54) is 92.6 Å². The van der Waals surface area contributed by atoms with Crippen LogP contribution in [0.1, 0.15) is 150 Å². The van der Waals surface area contributed by atoms with Crippen LogP contribution in [0.3, 0.4) is 0 Å². The predicted molar refractivity (Wildman–Crippen MR) is 380 cm³/mol. The smallest absolute Gasteiger partial charge is 0.246 e.